The summed E-state index contributed by atoms with van der Waals surface area (Å²) in [5.74, 6) is 6.92. The number of aromatic nitrogens is 2. The molecule has 0 amide bonds. The second-order valence-corrected chi connectivity index (χ2v) is 5.40. The third-order valence-corrected chi connectivity index (χ3v) is 3.83. The Morgan fingerprint density at radius 1 is 1.42 bits per heavy atom. The first-order valence-electron chi connectivity index (χ1n) is 5.94. The van der Waals surface area contributed by atoms with Crippen LogP contribution in [0, 0.1) is 6.92 Å². The maximum Gasteiger partial charge on any atom is 0.147 e. The molecule has 0 radical (unpaired) electrons. The maximum absolute atomic E-state index is 6.14. The minimum Gasteiger partial charge on any atom is -0.300 e. The third kappa shape index (κ3) is 1.87. The number of nitrogens with two attached hydrogens (primary N) is 1. The number of hydrazine groups is 1. The van der Waals surface area contributed by atoms with Crippen molar-refractivity contribution in [3.8, 4) is 5.69 Å². The first-order valence-corrected chi connectivity index (χ1v) is 6.73. The van der Waals surface area contributed by atoms with Gasteiger partial charge in [0, 0.05) is 17.1 Å². The van der Waals surface area contributed by atoms with Gasteiger partial charge >= 0.3 is 0 Å². The second-order valence-electron chi connectivity index (χ2n) is 4.48. The van der Waals surface area contributed by atoms with E-state index in [1.165, 1.54) is 0 Å². The molecular formula is C13H14BrN5. The van der Waals surface area contributed by atoms with Gasteiger partial charge in [-0.3, -0.25) is 10.0 Å². The molecule has 0 spiro atoms. The predicted molar refractivity (Wildman–Crippen MR) is 78.2 cm³/mol. The molecule has 1 aromatic carbocycles. The number of aryl methyl sites for hydroxylation is 1. The Hall–Kier alpha value is -1.66. The van der Waals surface area contributed by atoms with Crippen molar-refractivity contribution in [3.63, 3.8) is 0 Å². The Labute approximate surface area is 119 Å². The monoisotopic (exact) mass is 319 g/mol. The van der Waals surface area contributed by atoms with Crippen molar-refractivity contribution in [2.75, 3.05) is 7.05 Å². The van der Waals surface area contributed by atoms with Gasteiger partial charge in [-0.25, -0.2) is 10.8 Å². The molecule has 2 heterocycles. The summed E-state index contributed by atoms with van der Waals surface area (Å²) in [6.45, 7) is 2.58. The molecule has 2 N–H and O–H groups in total. The molecule has 0 saturated carbocycles. The number of imidazole rings is 1. The Balaban J connectivity index is 2.34. The van der Waals surface area contributed by atoms with Gasteiger partial charge in [-0.2, -0.15) is 0 Å². The van der Waals surface area contributed by atoms with E-state index in [9.17, 15) is 0 Å². The molecule has 5 nitrogen and oxygen atoms in total. The van der Waals surface area contributed by atoms with E-state index >= 15 is 0 Å². The molecule has 0 saturated heterocycles. The predicted octanol–water partition coefficient (Wildman–Crippen LogP) is 2.01. The van der Waals surface area contributed by atoms with Crippen LogP contribution in [0.25, 0.3) is 5.69 Å². The smallest absolute Gasteiger partial charge is 0.147 e. The van der Waals surface area contributed by atoms with Crippen LogP contribution >= 0.6 is 15.9 Å². The first kappa shape index (κ1) is 12.4. The quantitative estimate of drug-likeness (QED) is 0.756. The van der Waals surface area contributed by atoms with Gasteiger partial charge in [-0.05, 0) is 25.1 Å². The number of hydrogen-bond donors (Lipinski definition) is 1. The van der Waals surface area contributed by atoms with E-state index in [2.05, 4.69) is 30.5 Å². The van der Waals surface area contributed by atoms with Gasteiger partial charge < -0.3 is 4.57 Å². The van der Waals surface area contributed by atoms with Gasteiger partial charge in [0.15, 0.2) is 0 Å². The standard InChI is InChI=1S/C13H14BrN5/c1-8-12-6-19(15)13(16-2)10-5-9(14)3-4-11(10)18(12)7-17-8/h3-5,7H,6,15H2,1-2H3. The molecule has 98 valence electrons. The molecule has 2 aromatic rings. The molecule has 0 bridgehead atoms. The summed E-state index contributed by atoms with van der Waals surface area (Å²) in [5.41, 5.74) is 4.12. The maximum atomic E-state index is 6.14. The Morgan fingerprint density at radius 3 is 2.95 bits per heavy atom. The highest BCUT2D eigenvalue weighted by Gasteiger charge is 2.23. The zero-order chi connectivity index (χ0) is 13.6. The lowest BCUT2D eigenvalue weighted by Crippen LogP contribution is -2.36. The van der Waals surface area contributed by atoms with Gasteiger partial charge in [-0.1, -0.05) is 15.9 Å². The molecule has 1 aliphatic rings. The van der Waals surface area contributed by atoms with Crippen LogP contribution in [0.1, 0.15) is 17.0 Å². The van der Waals surface area contributed by atoms with Crippen molar-refractivity contribution in [2.45, 2.75) is 13.5 Å². The molecule has 1 aromatic heterocycles. The normalized spacial score (nSPS) is 16.2. The molecule has 3 rings (SSSR count). The van der Waals surface area contributed by atoms with Gasteiger partial charge in [0.2, 0.25) is 0 Å². The van der Waals surface area contributed by atoms with E-state index in [4.69, 9.17) is 5.84 Å². The summed E-state index contributed by atoms with van der Waals surface area (Å²) in [6, 6.07) is 6.09. The van der Waals surface area contributed by atoms with Gasteiger partial charge in [0.1, 0.15) is 5.84 Å². The summed E-state index contributed by atoms with van der Waals surface area (Å²) < 4.78 is 3.08. The Kier molecular flexibility index (Phi) is 2.91. The zero-order valence-electron chi connectivity index (χ0n) is 10.8. The highest BCUT2D eigenvalue weighted by atomic mass is 79.9. The van der Waals surface area contributed by atoms with Crippen LogP contribution in [0.4, 0.5) is 0 Å². The SMILES string of the molecule is CN=C1c2cc(Br)ccc2-n2cnc(C)c2CN1N. The van der Waals surface area contributed by atoms with Crippen LogP contribution in [0.15, 0.2) is 34.0 Å². The van der Waals surface area contributed by atoms with Crippen LogP contribution in [0.5, 0.6) is 0 Å². The van der Waals surface area contributed by atoms with Crippen LogP contribution in [0.2, 0.25) is 0 Å². The molecule has 6 heteroatoms. The van der Waals surface area contributed by atoms with Gasteiger partial charge in [0.25, 0.3) is 0 Å². The molecule has 0 aliphatic carbocycles. The first-order chi connectivity index (χ1) is 9.11. The van der Waals surface area contributed by atoms with Crippen molar-refractivity contribution >= 4 is 21.8 Å². The summed E-state index contributed by atoms with van der Waals surface area (Å²) in [5, 5.41) is 1.67. The number of halogens is 1. The molecule has 0 unspecified atom stereocenters. The number of aliphatic imine (C=N–C) groups is 1. The van der Waals surface area contributed by atoms with E-state index in [1.807, 2.05) is 31.5 Å². The molecule has 1 aliphatic heterocycles. The average molecular weight is 320 g/mol. The number of amidine groups is 1. The topological polar surface area (TPSA) is 59.4 Å². The van der Waals surface area contributed by atoms with Crippen LogP contribution in [-0.4, -0.2) is 27.4 Å². The zero-order valence-corrected chi connectivity index (χ0v) is 12.3. The van der Waals surface area contributed by atoms with E-state index in [1.54, 1.807) is 12.1 Å². The highest BCUT2D eigenvalue weighted by Crippen LogP contribution is 2.27. The van der Waals surface area contributed by atoms with E-state index in [-0.39, 0.29) is 0 Å². The van der Waals surface area contributed by atoms with Crippen molar-refractivity contribution in [1.82, 2.24) is 14.6 Å². The number of nitrogens with zero attached hydrogens (tertiary/aromatic N) is 4. The summed E-state index contributed by atoms with van der Waals surface area (Å²) in [6.07, 6.45) is 1.84. The molecular weight excluding hydrogens is 306 g/mol. The number of fused-ring (bicyclic) bond motifs is 3. The third-order valence-electron chi connectivity index (χ3n) is 3.34. The van der Waals surface area contributed by atoms with Crippen LogP contribution < -0.4 is 5.84 Å². The van der Waals surface area contributed by atoms with E-state index in [0.717, 1.165) is 32.9 Å². The van der Waals surface area contributed by atoms with E-state index in [0.29, 0.717) is 6.54 Å². The van der Waals surface area contributed by atoms with Crippen LogP contribution in [-0.2, 0) is 6.54 Å². The lowest BCUT2D eigenvalue weighted by atomic mass is 10.1. The Morgan fingerprint density at radius 2 is 2.21 bits per heavy atom. The van der Waals surface area contributed by atoms with Crippen LogP contribution in [0.3, 0.4) is 0 Å². The van der Waals surface area contributed by atoms with Crippen molar-refractivity contribution < 1.29 is 0 Å². The van der Waals surface area contributed by atoms with Crippen molar-refractivity contribution in [2.24, 2.45) is 10.8 Å². The van der Waals surface area contributed by atoms with Gasteiger partial charge in [-0.15, -0.1) is 0 Å². The lowest BCUT2D eigenvalue weighted by Gasteiger charge is -2.18. The van der Waals surface area contributed by atoms with Gasteiger partial charge in [0.05, 0.1) is 29.9 Å². The fourth-order valence-electron chi connectivity index (χ4n) is 2.40. The summed E-state index contributed by atoms with van der Waals surface area (Å²) in [7, 11) is 1.76. The van der Waals surface area contributed by atoms with Crippen molar-refractivity contribution in [3.05, 3.63) is 46.0 Å². The summed E-state index contributed by atoms with van der Waals surface area (Å²) in [4.78, 5) is 8.70. The largest absolute Gasteiger partial charge is 0.300 e. The molecule has 0 fully saturated rings. The minimum absolute atomic E-state index is 0.588. The number of rotatable bonds is 0. The summed E-state index contributed by atoms with van der Waals surface area (Å²) >= 11 is 3.50. The molecule has 19 heavy (non-hydrogen) atoms. The minimum atomic E-state index is 0.588. The van der Waals surface area contributed by atoms with Crippen molar-refractivity contribution in [1.29, 1.82) is 0 Å². The number of benzene rings is 1. The lowest BCUT2D eigenvalue weighted by molar-refractivity contribution is 0.428. The fourth-order valence-corrected chi connectivity index (χ4v) is 2.76. The average Bonchev–Trinajstić information content (AvgIpc) is 2.68. The Bertz CT molecular complexity index is 674. The van der Waals surface area contributed by atoms with E-state index < -0.39 is 0 Å². The number of hydrogen-bond acceptors (Lipinski definition) is 3. The molecule has 0 atom stereocenters. The fraction of sp³-hybridized carbons (Fsp3) is 0.231. The second kappa shape index (κ2) is 4.47. The highest BCUT2D eigenvalue weighted by molar-refractivity contribution is 9.10.